The highest BCUT2D eigenvalue weighted by atomic mass is 16.4. The van der Waals surface area contributed by atoms with Gasteiger partial charge in [-0.25, -0.2) is 9.78 Å². The zero-order valence-electron chi connectivity index (χ0n) is 11.6. The Morgan fingerprint density at radius 2 is 2.00 bits per heavy atom. The summed E-state index contributed by atoms with van der Waals surface area (Å²) in [6.07, 6.45) is 0. The molecule has 2 aromatic rings. The molecule has 0 unspecified atom stereocenters. The predicted octanol–water partition coefficient (Wildman–Crippen LogP) is 2.94. The molecule has 1 aromatic carbocycles. The molecule has 0 radical (unpaired) electrons. The topological polar surface area (TPSA) is 62.2 Å². The van der Waals surface area contributed by atoms with Crippen LogP contribution in [0, 0.1) is 6.92 Å². The maximum absolute atomic E-state index is 10.9. The number of rotatable bonds is 5. The van der Waals surface area contributed by atoms with Crippen molar-refractivity contribution in [3.05, 3.63) is 65.0 Å². The number of aromatic nitrogens is 1. The number of hydrogen-bond donors (Lipinski definition) is 2. The van der Waals surface area contributed by atoms with Crippen LogP contribution < -0.4 is 5.32 Å². The van der Waals surface area contributed by atoms with Gasteiger partial charge in [0.25, 0.3) is 0 Å². The van der Waals surface area contributed by atoms with E-state index in [9.17, 15) is 4.79 Å². The third-order valence-corrected chi connectivity index (χ3v) is 3.27. The van der Waals surface area contributed by atoms with E-state index in [2.05, 4.69) is 36.3 Å². The standard InChI is InChI=1S/C16H18N2O2/c1-11-6-3-4-8-14(11)12(2)17-10-13-7-5-9-15(18-13)16(19)20/h3-9,12,17H,10H2,1-2H3,(H,19,20)/t12-/m1/s1. The summed E-state index contributed by atoms with van der Waals surface area (Å²) in [5.41, 5.74) is 3.28. The zero-order chi connectivity index (χ0) is 14.5. The van der Waals surface area contributed by atoms with Crippen LogP contribution in [0.5, 0.6) is 0 Å². The number of aryl methyl sites for hydroxylation is 1. The largest absolute Gasteiger partial charge is 0.477 e. The Morgan fingerprint density at radius 1 is 1.25 bits per heavy atom. The van der Waals surface area contributed by atoms with Crippen LogP contribution in [0.1, 0.15) is 40.3 Å². The summed E-state index contributed by atoms with van der Waals surface area (Å²) in [7, 11) is 0. The molecule has 0 fully saturated rings. The van der Waals surface area contributed by atoms with Gasteiger partial charge < -0.3 is 10.4 Å². The lowest BCUT2D eigenvalue weighted by molar-refractivity contribution is 0.0690. The zero-order valence-corrected chi connectivity index (χ0v) is 11.6. The van der Waals surface area contributed by atoms with Crippen LogP contribution in [0.25, 0.3) is 0 Å². The molecule has 0 aliphatic heterocycles. The SMILES string of the molecule is Cc1ccccc1[C@@H](C)NCc1cccc(C(=O)O)n1. The molecule has 0 saturated carbocycles. The Bertz CT molecular complexity index is 611. The van der Waals surface area contributed by atoms with E-state index < -0.39 is 5.97 Å². The minimum absolute atomic E-state index is 0.0767. The monoisotopic (exact) mass is 270 g/mol. The van der Waals surface area contributed by atoms with Gasteiger partial charge in [-0.05, 0) is 37.1 Å². The van der Waals surface area contributed by atoms with Gasteiger partial charge in [-0.1, -0.05) is 30.3 Å². The van der Waals surface area contributed by atoms with Gasteiger partial charge in [0.2, 0.25) is 0 Å². The summed E-state index contributed by atoms with van der Waals surface area (Å²) in [5.74, 6) is -1.00. The average Bonchev–Trinajstić information content (AvgIpc) is 2.45. The third-order valence-electron chi connectivity index (χ3n) is 3.27. The van der Waals surface area contributed by atoms with Crippen molar-refractivity contribution in [1.82, 2.24) is 10.3 Å². The molecule has 2 N–H and O–H groups in total. The number of carboxylic acids is 1. The molecule has 104 valence electrons. The van der Waals surface area contributed by atoms with Gasteiger partial charge in [0.05, 0.1) is 5.69 Å². The van der Waals surface area contributed by atoms with Crippen molar-refractivity contribution in [2.24, 2.45) is 0 Å². The third kappa shape index (κ3) is 3.42. The molecule has 2 rings (SSSR count). The minimum Gasteiger partial charge on any atom is -0.477 e. The predicted molar refractivity (Wildman–Crippen MR) is 77.6 cm³/mol. The van der Waals surface area contributed by atoms with Crippen LogP contribution in [-0.4, -0.2) is 16.1 Å². The van der Waals surface area contributed by atoms with Crippen molar-refractivity contribution in [3.63, 3.8) is 0 Å². The van der Waals surface area contributed by atoms with E-state index in [1.54, 1.807) is 6.07 Å². The Labute approximate surface area is 118 Å². The Hall–Kier alpha value is -2.20. The molecule has 1 aromatic heterocycles. The van der Waals surface area contributed by atoms with Gasteiger partial charge in [0.1, 0.15) is 5.69 Å². The fraction of sp³-hybridized carbons (Fsp3) is 0.250. The molecule has 1 atom stereocenters. The molecule has 0 bridgehead atoms. The van der Waals surface area contributed by atoms with Gasteiger partial charge in [-0.15, -0.1) is 0 Å². The summed E-state index contributed by atoms with van der Waals surface area (Å²) in [5, 5.41) is 12.3. The second-order valence-electron chi connectivity index (χ2n) is 4.78. The van der Waals surface area contributed by atoms with E-state index in [-0.39, 0.29) is 11.7 Å². The van der Waals surface area contributed by atoms with Crippen molar-refractivity contribution in [2.75, 3.05) is 0 Å². The van der Waals surface area contributed by atoms with Crippen molar-refractivity contribution in [3.8, 4) is 0 Å². The number of pyridine rings is 1. The van der Waals surface area contributed by atoms with E-state index in [4.69, 9.17) is 5.11 Å². The van der Waals surface area contributed by atoms with E-state index in [0.29, 0.717) is 6.54 Å². The number of carboxylic acid groups (broad SMARTS) is 1. The number of aromatic carboxylic acids is 1. The minimum atomic E-state index is -1.00. The van der Waals surface area contributed by atoms with Gasteiger partial charge in [0.15, 0.2) is 0 Å². The fourth-order valence-corrected chi connectivity index (χ4v) is 2.14. The molecule has 0 aliphatic carbocycles. The summed E-state index contributed by atoms with van der Waals surface area (Å²) >= 11 is 0. The van der Waals surface area contributed by atoms with E-state index in [1.165, 1.54) is 17.2 Å². The molecular formula is C16H18N2O2. The first kappa shape index (κ1) is 14.2. The summed E-state index contributed by atoms with van der Waals surface area (Å²) in [6.45, 7) is 4.71. The molecule has 4 nitrogen and oxygen atoms in total. The molecule has 0 amide bonds. The van der Waals surface area contributed by atoms with E-state index in [0.717, 1.165) is 5.69 Å². The first-order valence-electron chi connectivity index (χ1n) is 6.56. The lowest BCUT2D eigenvalue weighted by Gasteiger charge is -2.16. The molecule has 0 aliphatic rings. The van der Waals surface area contributed by atoms with Crippen LogP contribution in [-0.2, 0) is 6.54 Å². The smallest absolute Gasteiger partial charge is 0.354 e. The highest BCUT2D eigenvalue weighted by molar-refractivity contribution is 5.85. The Morgan fingerprint density at radius 3 is 2.70 bits per heavy atom. The maximum Gasteiger partial charge on any atom is 0.354 e. The molecule has 4 heteroatoms. The highest BCUT2D eigenvalue weighted by Crippen LogP contribution is 2.17. The quantitative estimate of drug-likeness (QED) is 0.877. The number of benzene rings is 1. The van der Waals surface area contributed by atoms with Gasteiger partial charge in [-0.2, -0.15) is 0 Å². The molecular weight excluding hydrogens is 252 g/mol. The summed E-state index contributed by atoms with van der Waals surface area (Å²) < 4.78 is 0. The van der Waals surface area contributed by atoms with E-state index >= 15 is 0 Å². The summed E-state index contributed by atoms with van der Waals surface area (Å²) in [4.78, 5) is 15.0. The van der Waals surface area contributed by atoms with Crippen LogP contribution in [0.15, 0.2) is 42.5 Å². The van der Waals surface area contributed by atoms with Crippen LogP contribution in [0.4, 0.5) is 0 Å². The van der Waals surface area contributed by atoms with Gasteiger partial charge in [-0.3, -0.25) is 0 Å². The van der Waals surface area contributed by atoms with Gasteiger partial charge in [0, 0.05) is 12.6 Å². The van der Waals surface area contributed by atoms with Crippen LogP contribution in [0.3, 0.4) is 0 Å². The molecule has 0 spiro atoms. The first-order valence-corrected chi connectivity index (χ1v) is 6.56. The van der Waals surface area contributed by atoms with Crippen molar-refractivity contribution < 1.29 is 9.90 Å². The molecule has 0 saturated heterocycles. The highest BCUT2D eigenvalue weighted by Gasteiger charge is 2.09. The number of hydrogen-bond acceptors (Lipinski definition) is 3. The van der Waals surface area contributed by atoms with Gasteiger partial charge >= 0.3 is 5.97 Å². The van der Waals surface area contributed by atoms with Crippen LogP contribution >= 0.6 is 0 Å². The van der Waals surface area contributed by atoms with Crippen molar-refractivity contribution >= 4 is 5.97 Å². The summed E-state index contributed by atoms with van der Waals surface area (Å²) in [6, 6.07) is 13.4. The fourth-order valence-electron chi connectivity index (χ4n) is 2.14. The molecule has 1 heterocycles. The van der Waals surface area contributed by atoms with Crippen molar-refractivity contribution in [1.29, 1.82) is 0 Å². The maximum atomic E-state index is 10.9. The van der Waals surface area contributed by atoms with E-state index in [1.807, 2.05) is 18.2 Å². The number of carbonyl (C=O) groups is 1. The van der Waals surface area contributed by atoms with Crippen molar-refractivity contribution in [2.45, 2.75) is 26.4 Å². The lowest BCUT2D eigenvalue weighted by Crippen LogP contribution is -2.20. The molecule has 20 heavy (non-hydrogen) atoms. The normalized spacial score (nSPS) is 12.1. The first-order chi connectivity index (χ1) is 9.58. The van der Waals surface area contributed by atoms with Crippen LogP contribution in [0.2, 0.25) is 0 Å². The second kappa shape index (κ2) is 6.30. The Balaban J connectivity index is 2.04. The number of nitrogens with zero attached hydrogens (tertiary/aromatic N) is 1. The second-order valence-corrected chi connectivity index (χ2v) is 4.78. The Kier molecular flexibility index (Phi) is 4.48. The average molecular weight is 270 g/mol. The lowest BCUT2D eigenvalue weighted by atomic mass is 10.0. The number of nitrogens with one attached hydrogen (secondary N) is 1.